The molecule has 2 rings (SSSR count). The molecule has 0 aliphatic carbocycles. The number of guanidine groups is 1. The minimum atomic E-state index is -0.505. The van der Waals surface area contributed by atoms with E-state index in [0.29, 0.717) is 30.7 Å². The highest BCUT2D eigenvalue weighted by molar-refractivity contribution is 14.0. The van der Waals surface area contributed by atoms with Crippen molar-refractivity contribution in [2.45, 2.75) is 46.1 Å². The molecule has 0 spiro atoms. The third kappa shape index (κ3) is 10.1. The molecule has 8 nitrogen and oxygen atoms in total. The highest BCUT2D eigenvalue weighted by atomic mass is 127. The zero-order chi connectivity index (χ0) is 23.7. The van der Waals surface area contributed by atoms with Gasteiger partial charge in [-0.25, -0.2) is 9.18 Å². The Morgan fingerprint density at radius 1 is 1.21 bits per heavy atom. The van der Waals surface area contributed by atoms with Gasteiger partial charge in [-0.15, -0.1) is 24.0 Å². The average molecular weight is 577 g/mol. The van der Waals surface area contributed by atoms with E-state index in [-0.39, 0.29) is 48.3 Å². The smallest absolute Gasteiger partial charge is 0.410 e. The van der Waals surface area contributed by atoms with Crippen LogP contribution < -0.4 is 10.6 Å². The molecule has 33 heavy (non-hydrogen) atoms. The highest BCUT2D eigenvalue weighted by Gasteiger charge is 2.27. The largest absolute Gasteiger partial charge is 0.444 e. The summed E-state index contributed by atoms with van der Waals surface area (Å²) < 4.78 is 18.5. The van der Waals surface area contributed by atoms with Crippen molar-refractivity contribution in [3.63, 3.8) is 0 Å². The van der Waals surface area contributed by atoms with Gasteiger partial charge in [0.25, 0.3) is 0 Å². The fourth-order valence-electron chi connectivity index (χ4n) is 3.53. The number of nitrogens with one attached hydrogen (secondary N) is 2. The summed E-state index contributed by atoms with van der Waals surface area (Å²) in [6, 6.07) is 5.64. The van der Waals surface area contributed by atoms with Crippen molar-refractivity contribution in [1.29, 1.82) is 0 Å². The fourth-order valence-corrected chi connectivity index (χ4v) is 3.53. The maximum Gasteiger partial charge on any atom is 0.410 e. The second kappa shape index (κ2) is 13.6. The lowest BCUT2D eigenvalue weighted by Gasteiger charge is -2.36. The Bertz CT molecular complexity index is 790. The number of halogens is 2. The fraction of sp³-hybridized carbons (Fsp3) is 0.609. The van der Waals surface area contributed by atoms with E-state index < -0.39 is 5.60 Å². The zero-order valence-electron chi connectivity index (χ0n) is 20.2. The summed E-state index contributed by atoms with van der Waals surface area (Å²) in [5, 5.41) is 5.81. The van der Waals surface area contributed by atoms with Crippen LogP contribution in [0.4, 0.5) is 14.9 Å². The van der Waals surface area contributed by atoms with E-state index in [0.717, 1.165) is 25.9 Å². The van der Waals surface area contributed by atoms with Gasteiger partial charge in [0, 0.05) is 38.9 Å². The van der Waals surface area contributed by atoms with E-state index in [1.165, 1.54) is 24.3 Å². The van der Waals surface area contributed by atoms with Gasteiger partial charge in [0.1, 0.15) is 11.4 Å². The molecule has 1 aliphatic rings. The highest BCUT2D eigenvalue weighted by Crippen LogP contribution is 2.20. The molecule has 0 saturated carbocycles. The molecule has 0 radical (unpaired) electrons. The van der Waals surface area contributed by atoms with E-state index >= 15 is 0 Å². The normalized spacial score (nSPS) is 14.8. The third-order valence-corrected chi connectivity index (χ3v) is 5.17. The van der Waals surface area contributed by atoms with E-state index in [1.54, 1.807) is 11.9 Å². The monoisotopic (exact) mass is 577 g/mol. The molecule has 2 amide bonds. The molecular weight excluding hydrogens is 540 g/mol. The molecule has 10 heteroatoms. The van der Waals surface area contributed by atoms with Gasteiger partial charge in [-0.3, -0.25) is 9.79 Å². The Morgan fingerprint density at radius 3 is 2.33 bits per heavy atom. The van der Waals surface area contributed by atoms with Crippen LogP contribution in [0.25, 0.3) is 0 Å². The minimum absolute atomic E-state index is 0. The van der Waals surface area contributed by atoms with Crippen LogP contribution in [0.1, 0.15) is 40.5 Å². The first kappa shape index (κ1) is 28.9. The molecule has 1 fully saturated rings. The van der Waals surface area contributed by atoms with Gasteiger partial charge in [0.05, 0.1) is 6.54 Å². The van der Waals surface area contributed by atoms with E-state index in [4.69, 9.17) is 4.74 Å². The van der Waals surface area contributed by atoms with Crippen LogP contribution in [0.2, 0.25) is 0 Å². The van der Waals surface area contributed by atoms with Crippen LogP contribution in [-0.4, -0.2) is 73.1 Å². The van der Waals surface area contributed by atoms with Crippen molar-refractivity contribution in [3.05, 3.63) is 30.1 Å². The Labute approximate surface area is 213 Å². The van der Waals surface area contributed by atoms with Crippen LogP contribution in [0.3, 0.4) is 0 Å². The number of benzene rings is 1. The van der Waals surface area contributed by atoms with E-state index in [9.17, 15) is 14.0 Å². The molecule has 0 aromatic heterocycles. The van der Waals surface area contributed by atoms with Gasteiger partial charge < -0.3 is 25.2 Å². The molecule has 1 aromatic rings. The summed E-state index contributed by atoms with van der Waals surface area (Å²) in [6.45, 7) is 10.5. The van der Waals surface area contributed by atoms with Crippen LogP contribution in [0.5, 0.6) is 0 Å². The second-order valence-corrected chi connectivity index (χ2v) is 8.91. The molecular formula is C23H37FIN5O3. The minimum Gasteiger partial charge on any atom is -0.444 e. The third-order valence-electron chi connectivity index (χ3n) is 5.17. The van der Waals surface area contributed by atoms with Gasteiger partial charge in [0.2, 0.25) is 5.91 Å². The summed E-state index contributed by atoms with van der Waals surface area (Å²) in [5.74, 6) is 0.470. The van der Waals surface area contributed by atoms with Crippen molar-refractivity contribution in [3.8, 4) is 0 Å². The second-order valence-electron chi connectivity index (χ2n) is 8.91. The van der Waals surface area contributed by atoms with Gasteiger partial charge in [-0.1, -0.05) is 0 Å². The molecule has 0 unspecified atom stereocenters. The zero-order valence-corrected chi connectivity index (χ0v) is 22.5. The van der Waals surface area contributed by atoms with E-state index in [1.807, 2.05) is 27.7 Å². The number of hydrogen-bond acceptors (Lipinski definition) is 4. The maximum absolute atomic E-state index is 13.0. The number of nitrogens with zero attached hydrogens (tertiary/aromatic N) is 3. The SMILES string of the molecule is CCN(CC1CCN(C(=NC)NCC(=O)Nc2ccc(F)cc2)CC1)C(=O)OC(C)(C)C.I. The van der Waals surface area contributed by atoms with Crippen LogP contribution in [0, 0.1) is 11.7 Å². The predicted molar refractivity (Wildman–Crippen MR) is 140 cm³/mol. The molecule has 1 aliphatic heterocycles. The van der Waals surface area contributed by atoms with Gasteiger partial charge in [0.15, 0.2) is 5.96 Å². The van der Waals surface area contributed by atoms with Gasteiger partial charge >= 0.3 is 6.09 Å². The van der Waals surface area contributed by atoms with Gasteiger partial charge in [-0.2, -0.15) is 0 Å². The van der Waals surface area contributed by atoms with E-state index in [2.05, 4.69) is 20.5 Å². The van der Waals surface area contributed by atoms with Crippen molar-refractivity contribution in [2.75, 3.05) is 45.1 Å². The number of anilines is 1. The van der Waals surface area contributed by atoms with Gasteiger partial charge in [-0.05, 0) is 70.7 Å². The number of piperidine rings is 1. The summed E-state index contributed by atoms with van der Waals surface area (Å²) in [7, 11) is 1.69. The lowest BCUT2D eigenvalue weighted by Crippen LogP contribution is -2.49. The number of carbonyl (C=O) groups is 2. The Morgan fingerprint density at radius 2 is 1.82 bits per heavy atom. The summed E-state index contributed by atoms with van der Waals surface area (Å²) >= 11 is 0. The number of hydrogen-bond donors (Lipinski definition) is 2. The first-order valence-electron chi connectivity index (χ1n) is 11.1. The van der Waals surface area contributed by atoms with Crippen molar-refractivity contribution in [2.24, 2.45) is 10.9 Å². The lowest BCUT2D eigenvalue weighted by atomic mass is 9.96. The average Bonchev–Trinajstić information content (AvgIpc) is 2.73. The quantitative estimate of drug-likeness (QED) is 0.304. The number of rotatable bonds is 6. The first-order chi connectivity index (χ1) is 15.1. The number of ether oxygens (including phenoxy) is 1. The number of amides is 2. The van der Waals surface area contributed by atoms with Crippen LogP contribution >= 0.6 is 24.0 Å². The molecule has 1 heterocycles. The standard InChI is InChI=1S/C23H36FN5O3.HI/c1-6-28(22(31)32-23(2,3)4)16-17-11-13-29(14-12-17)21(25-5)26-15-20(30)27-19-9-7-18(24)8-10-19;/h7-10,17H,6,11-16H2,1-5H3,(H,25,26)(H,27,30);1H. The molecule has 186 valence electrons. The van der Waals surface area contributed by atoms with Crippen LogP contribution in [0.15, 0.2) is 29.3 Å². The predicted octanol–water partition coefficient (Wildman–Crippen LogP) is 3.93. The summed E-state index contributed by atoms with van der Waals surface area (Å²) in [5.41, 5.74) is 0.0362. The first-order valence-corrected chi connectivity index (χ1v) is 11.1. The number of aliphatic imine (C=N–C) groups is 1. The molecule has 0 bridgehead atoms. The molecule has 2 N–H and O–H groups in total. The molecule has 0 atom stereocenters. The summed E-state index contributed by atoms with van der Waals surface area (Å²) in [4.78, 5) is 32.7. The van der Waals surface area contributed by atoms with Crippen molar-refractivity contribution in [1.82, 2.24) is 15.1 Å². The lowest BCUT2D eigenvalue weighted by molar-refractivity contribution is -0.115. The van der Waals surface area contributed by atoms with Crippen LogP contribution in [-0.2, 0) is 9.53 Å². The Balaban J connectivity index is 0.00000544. The van der Waals surface area contributed by atoms with Crippen molar-refractivity contribution >= 4 is 47.6 Å². The summed E-state index contributed by atoms with van der Waals surface area (Å²) in [6.07, 6.45) is 1.57. The van der Waals surface area contributed by atoms with Crippen molar-refractivity contribution < 1.29 is 18.7 Å². The number of likely N-dealkylation sites (tertiary alicyclic amines) is 1. The Kier molecular flexibility index (Phi) is 11.9. The topological polar surface area (TPSA) is 86.3 Å². The maximum atomic E-state index is 13.0. The Hall–Kier alpha value is -2.11. The molecule has 1 aromatic carbocycles. The molecule has 1 saturated heterocycles. The number of carbonyl (C=O) groups excluding carboxylic acids is 2.